The highest BCUT2D eigenvalue weighted by atomic mass is 19.4. The van der Waals surface area contributed by atoms with Gasteiger partial charge in [-0.05, 0) is 29.0 Å². The van der Waals surface area contributed by atoms with Gasteiger partial charge in [-0.3, -0.25) is 4.98 Å². The number of alkyl halides is 3. The van der Waals surface area contributed by atoms with Crippen molar-refractivity contribution >= 4 is 0 Å². The minimum Gasteiger partial charge on any atom is -0.252 e. The highest BCUT2D eigenvalue weighted by Crippen LogP contribution is 2.36. The Labute approximate surface area is 93.7 Å². The van der Waals surface area contributed by atoms with Gasteiger partial charge in [0.1, 0.15) is 5.69 Å². The van der Waals surface area contributed by atoms with Crippen LogP contribution in [0.3, 0.4) is 0 Å². The van der Waals surface area contributed by atoms with Crippen LogP contribution in [0.5, 0.6) is 0 Å². The van der Waals surface area contributed by atoms with Crippen LogP contribution in [-0.4, -0.2) is 4.98 Å². The van der Waals surface area contributed by atoms with Gasteiger partial charge in [0.05, 0.1) is 0 Å². The summed E-state index contributed by atoms with van der Waals surface area (Å²) >= 11 is 0. The predicted octanol–water partition coefficient (Wildman–Crippen LogP) is 4.25. The average molecular weight is 231 g/mol. The van der Waals surface area contributed by atoms with Crippen LogP contribution in [0.25, 0.3) is 0 Å². The number of aromatic nitrogens is 1. The lowest BCUT2D eigenvalue weighted by Gasteiger charge is -2.27. The Hall–Kier alpha value is -1.06. The molecule has 1 atom stereocenters. The third kappa shape index (κ3) is 2.97. The molecule has 0 aliphatic rings. The summed E-state index contributed by atoms with van der Waals surface area (Å²) in [6.45, 7) is 7.94. The third-order valence-corrected chi connectivity index (χ3v) is 2.87. The van der Waals surface area contributed by atoms with Gasteiger partial charge in [-0.25, -0.2) is 0 Å². The van der Waals surface area contributed by atoms with Crippen LogP contribution < -0.4 is 0 Å². The quantitative estimate of drug-likeness (QED) is 0.704. The van der Waals surface area contributed by atoms with Crippen LogP contribution in [-0.2, 0) is 6.18 Å². The smallest absolute Gasteiger partial charge is 0.252 e. The molecule has 0 fully saturated rings. The summed E-state index contributed by atoms with van der Waals surface area (Å²) in [6.07, 6.45) is -3.14. The first kappa shape index (κ1) is 13.0. The number of halogens is 3. The first-order valence-electron chi connectivity index (χ1n) is 5.15. The van der Waals surface area contributed by atoms with Crippen LogP contribution in [0.2, 0.25) is 0 Å². The maximum Gasteiger partial charge on any atom is 0.433 e. The monoisotopic (exact) mass is 231 g/mol. The largest absolute Gasteiger partial charge is 0.433 e. The SMILES string of the molecule is CC(c1ccnc(C(F)(F)F)c1)C(C)(C)C. The second-order valence-electron chi connectivity index (χ2n) is 5.06. The molecule has 0 aliphatic heterocycles. The molecular formula is C12H16F3N. The van der Waals surface area contributed by atoms with E-state index in [-0.39, 0.29) is 11.3 Å². The lowest BCUT2D eigenvalue weighted by Crippen LogP contribution is -2.17. The van der Waals surface area contributed by atoms with E-state index in [1.807, 2.05) is 27.7 Å². The second-order valence-corrected chi connectivity index (χ2v) is 5.06. The van der Waals surface area contributed by atoms with Crippen molar-refractivity contribution in [2.24, 2.45) is 5.41 Å². The van der Waals surface area contributed by atoms with Crippen LogP contribution >= 0.6 is 0 Å². The summed E-state index contributed by atoms with van der Waals surface area (Å²) in [4.78, 5) is 3.35. The second kappa shape index (κ2) is 4.07. The van der Waals surface area contributed by atoms with Gasteiger partial charge in [-0.15, -0.1) is 0 Å². The van der Waals surface area contributed by atoms with E-state index >= 15 is 0 Å². The molecule has 0 aromatic carbocycles. The molecule has 0 N–H and O–H groups in total. The molecule has 0 bridgehead atoms. The number of hydrogen-bond donors (Lipinski definition) is 0. The van der Waals surface area contributed by atoms with Gasteiger partial charge in [0, 0.05) is 6.20 Å². The highest BCUT2D eigenvalue weighted by Gasteiger charge is 2.33. The molecule has 1 aromatic rings. The Morgan fingerprint density at radius 2 is 1.75 bits per heavy atom. The highest BCUT2D eigenvalue weighted by molar-refractivity contribution is 5.23. The van der Waals surface area contributed by atoms with E-state index in [1.165, 1.54) is 6.20 Å². The lowest BCUT2D eigenvalue weighted by atomic mass is 9.78. The molecule has 90 valence electrons. The van der Waals surface area contributed by atoms with Crippen LogP contribution in [0.4, 0.5) is 13.2 Å². The molecule has 1 unspecified atom stereocenters. The van der Waals surface area contributed by atoms with Crippen molar-refractivity contribution in [3.05, 3.63) is 29.6 Å². The minimum absolute atomic E-state index is 0.0524. The Morgan fingerprint density at radius 3 is 2.19 bits per heavy atom. The van der Waals surface area contributed by atoms with E-state index in [2.05, 4.69) is 4.98 Å². The lowest BCUT2D eigenvalue weighted by molar-refractivity contribution is -0.141. The van der Waals surface area contributed by atoms with Gasteiger partial charge in [0.2, 0.25) is 0 Å². The molecule has 0 saturated carbocycles. The van der Waals surface area contributed by atoms with Crippen LogP contribution in [0.1, 0.15) is 44.9 Å². The summed E-state index contributed by atoms with van der Waals surface area (Å²) in [5, 5.41) is 0. The Bertz CT molecular complexity index is 363. The zero-order chi connectivity index (χ0) is 12.6. The van der Waals surface area contributed by atoms with Crippen molar-refractivity contribution in [2.45, 2.75) is 39.8 Å². The molecule has 0 spiro atoms. The van der Waals surface area contributed by atoms with E-state index < -0.39 is 11.9 Å². The summed E-state index contributed by atoms with van der Waals surface area (Å²) in [6, 6.07) is 2.78. The first-order chi connectivity index (χ1) is 7.12. The molecule has 0 amide bonds. The van der Waals surface area contributed by atoms with Crippen molar-refractivity contribution in [3.63, 3.8) is 0 Å². The van der Waals surface area contributed by atoms with Gasteiger partial charge in [0.15, 0.2) is 0 Å². The maximum absolute atomic E-state index is 12.5. The van der Waals surface area contributed by atoms with Crippen molar-refractivity contribution < 1.29 is 13.2 Å². The molecule has 4 heteroatoms. The standard InChI is InChI=1S/C12H16F3N/c1-8(11(2,3)4)9-5-6-16-10(7-9)12(13,14)15/h5-8H,1-4H3. The number of rotatable bonds is 1. The van der Waals surface area contributed by atoms with Crippen molar-refractivity contribution in [3.8, 4) is 0 Å². The fraction of sp³-hybridized carbons (Fsp3) is 0.583. The van der Waals surface area contributed by atoms with Crippen LogP contribution in [0, 0.1) is 5.41 Å². The average Bonchev–Trinajstić information content (AvgIpc) is 2.14. The molecule has 1 rings (SSSR count). The van der Waals surface area contributed by atoms with E-state index in [0.717, 1.165) is 6.07 Å². The Morgan fingerprint density at radius 1 is 1.19 bits per heavy atom. The molecule has 1 aromatic heterocycles. The number of pyridine rings is 1. The number of hydrogen-bond acceptors (Lipinski definition) is 1. The third-order valence-electron chi connectivity index (χ3n) is 2.87. The molecular weight excluding hydrogens is 215 g/mol. The van der Waals surface area contributed by atoms with Crippen molar-refractivity contribution in [2.75, 3.05) is 0 Å². The van der Waals surface area contributed by atoms with E-state index in [4.69, 9.17) is 0 Å². The molecule has 1 heterocycles. The molecule has 0 aliphatic carbocycles. The first-order valence-corrected chi connectivity index (χ1v) is 5.15. The normalized spacial score (nSPS) is 14.9. The van der Waals surface area contributed by atoms with E-state index in [1.54, 1.807) is 6.07 Å². The van der Waals surface area contributed by atoms with Crippen molar-refractivity contribution in [1.29, 1.82) is 0 Å². The minimum atomic E-state index is -4.37. The topological polar surface area (TPSA) is 12.9 Å². The Balaban J connectivity index is 3.09. The van der Waals surface area contributed by atoms with Gasteiger partial charge in [-0.2, -0.15) is 13.2 Å². The van der Waals surface area contributed by atoms with Crippen LogP contribution in [0.15, 0.2) is 18.3 Å². The summed E-state index contributed by atoms with van der Waals surface area (Å²) in [5.74, 6) is 0.0524. The van der Waals surface area contributed by atoms with E-state index in [9.17, 15) is 13.2 Å². The fourth-order valence-corrected chi connectivity index (χ4v) is 1.37. The fourth-order valence-electron chi connectivity index (χ4n) is 1.37. The zero-order valence-electron chi connectivity index (χ0n) is 9.89. The molecule has 1 nitrogen and oxygen atoms in total. The van der Waals surface area contributed by atoms with Gasteiger partial charge >= 0.3 is 6.18 Å². The number of nitrogens with zero attached hydrogens (tertiary/aromatic N) is 1. The van der Waals surface area contributed by atoms with Gasteiger partial charge in [0.25, 0.3) is 0 Å². The predicted molar refractivity (Wildman–Crippen MR) is 57.1 cm³/mol. The van der Waals surface area contributed by atoms with Crippen molar-refractivity contribution in [1.82, 2.24) is 4.98 Å². The molecule has 0 radical (unpaired) electrons. The maximum atomic E-state index is 12.5. The van der Waals surface area contributed by atoms with E-state index in [0.29, 0.717) is 5.56 Å². The zero-order valence-corrected chi connectivity index (χ0v) is 9.89. The summed E-state index contributed by atoms with van der Waals surface area (Å²) in [7, 11) is 0. The Kier molecular flexibility index (Phi) is 3.31. The van der Waals surface area contributed by atoms with Gasteiger partial charge < -0.3 is 0 Å². The molecule has 16 heavy (non-hydrogen) atoms. The summed E-state index contributed by atoms with van der Waals surface area (Å²) in [5.41, 5.74) is -0.208. The van der Waals surface area contributed by atoms with Gasteiger partial charge in [-0.1, -0.05) is 27.7 Å². The molecule has 0 saturated heterocycles. The summed E-state index contributed by atoms with van der Waals surface area (Å²) < 4.78 is 37.4.